The Hall–Kier alpha value is -3.23. The molecule has 0 spiro atoms. The van der Waals surface area contributed by atoms with E-state index in [9.17, 15) is 0 Å². The second kappa shape index (κ2) is 9.28. The van der Waals surface area contributed by atoms with Crippen molar-refractivity contribution < 1.29 is 4.74 Å². The second-order valence-corrected chi connectivity index (χ2v) is 7.35. The number of aromatic amines is 1. The Labute approximate surface area is 186 Å². The van der Waals surface area contributed by atoms with Gasteiger partial charge in [0, 0.05) is 61.6 Å². The third-order valence-corrected chi connectivity index (χ3v) is 5.55. The van der Waals surface area contributed by atoms with Gasteiger partial charge in [-0.1, -0.05) is 12.1 Å². The van der Waals surface area contributed by atoms with Crippen LogP contribution in [0, 0.1) is 0 Å². The first kappa shape index (κ1) is 21.0. The van der Waals surface area contributed by atoms with E-state index < -0.39 is 0 Å². The fraction of sp³-hybridized carbons (Fsp3) is 0.273. The molecular weight excluding hydrogens is 414 g/mol. The molecule has 0 saturated carbocycles. The molecule has 31 heavy (non-hydrogen) atoms. The maximum atomic E-state index is 5.40. The minimum absolute atomic E-state index is 0. The monoisotopic (exact) mass is 437 g/mol. The number of nitrogens with zero attached hydrogens (tertiary/aromatic N) is 6. The fourth-order valence-corrected chi connectivity index (χ4v) is 3.97. The Morgan fingerprint density at radius 2 is 1.90 bits per heavy atom. The standard InChI is InChI=1S/C22H23N7O.ClH/c1-30-22-17(3-2-6-23-22)14-28-7-9-29(10-8-28)21-19-11-16(18-12-26-27-13-18)4-5-20(19)24-15-25-21;/h2-6,11-13,15H,7-10,14H2,1H3,(H,26,27);1H. The van der Waals surface area contributed by atoms with Crippen LogP contribution in [0.25, 0.3) is 22.0 Å². The molecule has 0 amide bonds. The molecule has 1 saturated heterocycles. The molecule has 3 aromatic heterocycles. The van der Waals surface area contributed by atoms with Crippen LogP contribution in [0.15, 0.2) is 55.2 Å². The number of piperazine rings is 1. The van der Waals surface area contributed by atoms with Gasteiger partial charge in [0.2, 0.25) is 5.88 Å². The molecule has 160 valence electrons. The number of anilines is 1. The zero-order chi connectivity index (χ0) is 20.3. The van der Waals surface area contributed by atoms with Gasteiger partial charge < -0.3 is 9.64 Å². The minimum atomic E-state index is 0. The van der Waals surface area contributed by atoms with Gasteiger partial charge in [0.1, 0.15) is 12.1 Å². The number of hydrogen-bond acceptors (Lipinski definition) is 7. The van der Waals surface area contributed by atoms with Crippen LogP contribution in [0.5, 0.6) is 5.88 Å². The highest BCUT2D eigenvalue weighted by atomic mass is 35.5. The van der Waals surface area contributed by atoms with Gasteiger partial charge in [-0.2, -0.15) is 5.10 Å². The predicted molar refractivity (Wildman–Crippen MR) is 123 cm³/mol. The lowest BCUT2D eigenvalue weighted by Gasteiger charge is -2.35. The summed E-state index contributed by atoms with van der Waals surface area (Å²) in [6.45, 7) is 4.55. The van der Waals surface area contributed by atoms with Gasteiger partial charge in [0.05, 0.1) is 18.8 Å². The third-order valence-electron chi connectivity index (χ3n) is 5.55. The maximum absolute atomic E-state index is 5.40. The van der Waals surface area contributed by atoms with E-state index >= 15 is 0 Å². The number of nitrogens with one attached hydrogen (secondary N) is 1. The number of H-pyrrole nitrogens is 1. The normalized spacial score (nSPS) is 14.4. The molecule has 4 heterocycles. The van der Waals surface area contributed by atoms with Crippen molar-refractivity contribution in [1.82, 2.24) is 30.0 Å². The van der Waals surface area contributed by atoms with Crippen LogP contribution in [0.4, 0.5) is 5.82 Å². The lowest BCUT2D eigenvalue weighted by atomic mass is 10.1. The van der Waals surface area contributed by atoms with Crippen LogP contribution in [0.3, 0.4) is 0 Å². The van der Waals surface area contributed by atoms with Crippen LogP contribution in [0.1, 0.15) is 5.56 Å². The molecule has 0 bridgehead atoms. The van der Waals surface area contributed by atoms with Gasteiger partial charge in [-0.15, -0.1) is 12.4 Å². The number of rotatable bonds is 5. The van der Waals surface area contributed by atoms with Crippen molar-refractivity contribution in [2.45, 2.75) is 6.54 Å². The molecule has 1 fully saturated rings. The van der Waals surface area contributed by atoms with Crippen molar-refractivity contribution >= 4 is 29.1 Å². The highest BCUT2D eigenvalue weighted by Crippen LogP contribution is 2.29. The number of methoxy groups -OCH3 is 1. The van der Waals surface area contributed by atoms with E-state index in [1.807, 2.05) is 24.5 Å². The predicted octanol–water partition coefficient (Wildman–Crippen LogP) is 3.17. The van der Waals surface area contributed by atoms with E-state index in [1.54, 1.807) is 19.6 Å². The van der Waals surface area contributed by atoms with E-state index in [2.05, 4.69) is 53.1 Å². The summed E-state index contributed by atoms with van der Waals surface area (Å²) in [6, 6.07) is 10.3. The molecule has 1 aliphatic rings. The Morgan fingerprint density at radius 1 is 1.03 bits per heavy atom. The molecule has 0 unspecified atom stereocenters. The molecule has 9 heteroatoms. The number of pyridine rings is 1. The van der Waals surface area contributed by atoms with Crippen molar-refractivity contribution in [2.24, 2.45) is 0 Å². The number of ether oxygens (including phenoxy) is 1. The summed E-state index contributed by atoms with van der Waals surface area (Å²) >= 11 is 0. The van der Waals surface area contributed by atoms with Crippen LogP contribution in [0.2, 0.25) is 0 Å². The molecule has 0 atom stereocenters. The molecule has 4 aromatic rings. The average Bonchev–Trinajstić information content (AvgIpc) is 3.34. The number of benzene rings is 1. The summed E-state index contributed by atoms with van der Waals surface area (Å²) in [7, 11) is 1.67. The van der Waals surface area contributed by atoms with Gasteiger partial charge in [0.25, 0.3) is 0 Å². The first-order valence-corrected chi connectivity index (χ1v) is 10.0. The van der Waals surface area contributed by atoms with Crippen molar-refractivity contribution in [3.05, 3.63) is 60.8 Å². The highest BCUT2D eigenvalue weighted by Gasteiger charge is 2.21. The quantitative estimate of drug-likeness (QED) is 0.513. The topological polar surface area (TPSA) is 83.1 Å². The zero-order valence-electron chi connectivity index (χ0n) is 17.2. The Kier molecular flexibility index (Phi) is 6.29. The van der Waals surface area contributed by atoms with Crippen molar-refractivity contribution in [2.75, 3.05) is 38.2 Å². The molecule has 5 rings (SSSR count). The summed E-state index contributed by atoms with van der Waals surface area (Å²) in [5.41, 5.74) is 4.23. The third kappa shape index (κ3) is 4.30. The van der Waals surface area contributed by atoms with Gasteiger partial charge in [-0.3, -0.25) is 10.00 Å². The number of fused-ring (bicyclic) bond motifs is 1. The molecule has 1 aromatic carbocycles. The summed E-state index contributed by atoms with van der Waals surface area (Å²) < 4.78 is 5.40. The highest BCUT2D eigenvalue weighted by molar-refractivity contribution is 5.92. The van der Waals surface area contributed by atoms with Crippen LogP contribution in [-0.2, 0) is 6.54 Å². The zero-order valence-corrected chi connectivity index (χ0v) is 18.0. The lowest BCUT2D eigenvalue weighted by Crippen LogP contribution is -2.46. The largest absolute Gasteiger partial charge is 0.481 e. The summed E-state index contributed by atoms with van der Waals surface area (Å²) in [4.78, 5) is 18.2. The molecule has 0 radical (unpaired) electrons. The first-order chi connectivity index (χ1) is 14.8. The van der Waals surface area contributed by atoms with Crippen molar-refractivity contribution in [3.63, 3.8) is 0 Å². The maximum Gasteiger partial charge on any atom is 0.217 e. The van der Waals surface area contributed by atoms with Gasteiger partial charge >= 0.3 is 0 Å². The number of hydrogen-bond donors (Lipinski definition) is 1. The van der Waals surface area contributed by atoms with E-state index in [0.29, 0.717) is 5.88 Å². The second-order valence-electron chi connectivity index (χ2n) is 7.35. The Morgan fingerprint density at radius 3 is 2.68 bits per heavy atom. The Bertz CT molecular complexity index is 1140. The van der Waals surface area contributed by atoms with Crippen LogP contribution < -0.4 is 9.64 Å². The fourth-order valence-electron chi connectivity index (χ4n) is 3.97. The van der Waals surface area contributed by atoms with Gasteiger partial charge in [-0.25, -0.2) is 15.0 Å². The van der Waals surface area contributed by atoms with Crippen LogP contribution in [-0.4, -0.2) is 63.3 Å². The molecule has 8 nitrogen and oxygen atoms in total. The van der Waals surface area contributed by atoms with Crippen molar-refractivity contribution in [3.8, 4) is 17.0 Å². The number of halogens is 1. The van der Waals surface area contributed by atoms with Gasteiger partial charge in [0.15, 0.2) is 0 Å². The molecule has 1 N–H and O–H groups in total. The number of aromatic nitrogens is 5. The molecular formula is C22H24ClN7O. The van der Waals surface area contributed by atoms with Gasteiger partial charge in [-0.05, 0) is 23.8 Å². The smallest absolute Gasteiger partial charge is 0.217 e. The minimum Gasteiger partial charge on any atom is -0.481 e. The van der Waals surface area contributed by atoms with Crippen molar-refractivity contribution in [1.29, 1.82) is 0 Å². The molecule has 1 aliphatic heterocycles. The van der Waals surface area contributed by atoms with E-state index in [4.69, 9.17) is 4.74 Å². The SMILES string of the molecule is COc1ncccc1CN1CCN(c2ncnc3ccc(-c4cn[nH]c4)cc23)CC1.Cl. The van der Waals surface area contributed by atoms with E-state index in [-0.39, 0.29) is 12.4 Å². The van der Waals surface area contributed by atoms with E-state index in [0.717, 1.165) is 66.1 Å². The lowest BCUT2D eigenvalue weighted by molar-refractivity contribution is 0.244. The summed E-state index contributed by atoms with van der Waals surface area (Å²) in [6.07, 6.45) is 7.15. The first-order valence-electron chi connectivity index (χ1n) is 10.0. The summed E-state index contributed by atoms with van der Waals surface area (Å²) in [5.74, 6) is 1.69. The average molecular weight is 438 g/mol. The molecule has 0 aliphatic carbocycles. The Balaban J connectivity index is 0.00000231. The summed E-state index contributed by atoms with van der Waals surface area (Å²) in [5, 5.41) is 8.01. The van der Waals surface area contributed by atoms with Crippen LogP contribution >= 0.6 is 12.4 Å². The van der Waals surface area contributed by atoms with E-state index in [1.165, 1.54) is 0 Å².